The molecule has 0 saturated carbocycles. The molecule has 0 aromatic heterocycles. The molecule has 0 aliphatic heterocycles. The molecule has 1 rings (SSSR count). The van der Waals surface area contributed by atoms with Crippen molar-refractivity contribution < 1.29 is 19.3 Å². The van der Waals surface area contributed by atoms with Crippen LogP contribution >= 0.6 is 11.6 Å². The van der Waals surface area contributed by atoms with Crippen molar-refractivity contribution in [2.24, 2.45) is 0 Å². The van der Waals surface area contributed by atoms with Crippen molar-refractivity contribution in [3.63, 3.8) is 0 Å². The number of rotatable bonds is 8. The van der Waals surface area contributed by atoms with Gasteiger partial charge >= 0.3 is 0 Å². The van der Waals surface area contributed by atoms with Crippen molar-refractivity contribution in [3.05, 3.63) is 22.7 Å². The van der Waals surface area contributed by atoms with E-state index >= 15 is 0 Å². The summed E-state index contributed by atoms with van der Waals surface area (Å²) in [5.41, 5.74) is 0.942. The lowest BCUT2D eigenvalue weighted by molar-refractivity contribution is 0.128. The largest absolute Gasteiger partial charge is 0.493 e. The zero-order valence-electron chi connectivity index (χ0n) is 11.4. The second-order valence-corrected chi connectivity index (χ2v) is 4.44. The summed E-state index contributed by atoms with van der Waals surface area (Å²) in [5, 5.41) is 12.8. The minimum absolute atomic E-state index is 0.00879. The molecule has 0 bridgehead atoms. The highest BCUT2D eigenvalue weighted by Gasteiger charge is 2.12. The number of aliphatic hydroxyl groups excluding tert-OH is 1. The molecule has 19 heavy (non-hydrogen) atoms. The number of hydrogen-bond donors (Lipinski definition) is 2. The third-order valence-electron chi connectivity index (χ3n) is 2.68. The minimum Gasteiger partial charge on any atom is -0.493 e. The van der Waals surface area contributed by atoms with Gasteiger partial charge in [-0.1, -0.05) is 11.6 Å². The molecule has 1 aromatic rings. The summed E-state index contributed by atoms with van der Waals surface area (Å²) in [4.78, 5) is 0. The Morgan fingerprint density at radius 3 is 2.53 bits per heavy atom. The van der Waals surface area contributed by atoms with E-state index in [-0.39, 0.29) is 12.6 Å². The van der Waals surface area contributed by atoms with Crippen LogP contribution < -0.4 is 14.8 Å². The van der Waals surface area contributed by atoms with Gasteiger partial charge in [-0.25, -0.2) is 0 Å². The smallest absolute Gasteiger partial charge is 0.179 e. The van der Waals surface area contributed by atoms with Crippen molar-refractivity contribution in [3.8, 4) is 11.5 Å². The van der Waals surface area contributed by atoms with Crippen LogP contribution in [0, 0.1) is 0 Å². The van der Waals surface area contributed by atoms with Gasteiger partial charge in [-0.15, -0.1) is 0 Å². The fourth-order valence-corrected chi connectivity index (χ4v) is 2.02. The van der Waals surface area contributed by atoms with Gasteiger partial charge in [0.2, 0.25) is 0 Å². The molecule has 108 valence electrons. The van der Waals surface area contributed by atoms with Crippen LogP contribution in [0.1, 0.15) is 5.56 Å². The van der Waals surface area contributed by atoms with E-state index in [1.807, 2.05) is 6.07 Å². The Hall–Kier alpha value is -1.01. The van der Waals surface area contributed by atoms with Gasteiger partial charge < -0.3 is 24.6 Å². The number of halogens is 1. The summed E-state index contributed by atoms with van der Waals surface area (Å²) < 4.78 is 15.4. The first kappa shape index (κ1) is 16.0. The molecule has 1 unspecified atom stereocenters. The maximum Gasteiger partial charge on any atom is 0.179 e. The molecule has 6 heteroatoms. The number of hydrogen-bond acceptors (Lipinski definition) is 5. The van der Waals surface area contributed by atoms with E-state index < -0.39 is 0 Å². The molecule has 0 radical (unpaired) electrons. The third-order valence-corrected chi connectivity index (χ3v) is 2.96. The van der Waals surface area contributed by atoms with Crippen LogP contribution in [0.15, 0.2) is 12.1 Å². The first-order valence-corrected chi connectivity index (χ1v) is 6.27. The normalized spacial score (nSPS) is 12.3. The van der Waals surface area contributed by atoms with Crippen LogP contribution in [0.2, 0.25) is 5.02 Å². The molecule has 1 aromatic carbocycles. The fraction of sp³-hybridized carbons (Fsp3) is 0.538. The molecular formula is C13H20ClNO4. The Kier molecular flexibility index (Phi) is 6.94. The summed E-state index contributed by atoms with van der Waals surface area (Å²) in [6, 6.07) is 3.53. The van der Waals surface area contributed by atoms with Crippen LogP contribution in [-0.4, -0.2) is 45.7 Å². The van der Waals surface area contributed by atoms with Crippen molar-refractivity contribution in [1.29, 1.82) is 0 Å². The first-order valence-electron chi connectivity index (χ1n) is 5.89. The van der Waals surface area contributed by atoms with E-state index in [1.165, 1.54) is 0 Å². The van der Waals surface area contributed by atoms with Crippen LogP contribution in [0.25, 0.3) is 0 Å². The molecule has 0 aliphatic carbocycles. The highest BCUT2D eigenvalue weighted by atomic mass is 35.5. The van der Waals surface area contributed by atoms with Crippen molar-refractivity contribution in [1.82, 2.24) is 5.32 Å². The van der Waals surface area contributed by atoms with E-state index in [2.05, 4.69) is 5.32 Å². The quantitative estimate of drug-likeness (QED) is 0.759. The lowest BCUT2D eigenvalue weighted by Crippen LogP contribution is -2.35. The highest BCUT2D eigenvalue weighted by Crippen LogP contribution is 2.35. The van der Waals surface area contributed by atoms with E-state index in [0.29, 0.717) is 29.7 Å². The summed E-state index contributed by atoms with van der Waals surface area (Å²) in [7, 11) is 4.70. The van der Waals surface area contributed by atoms with Crippen LogP contribution in [-0.2, 0) is 11.3 Å². The van der Waals surface area contributed by atoms with E-state index in [0.717, 1.165) is 5.56 Å². The van der Waals surface area contributed by atoms with Gasteiger partial charge in [-0.2, -0.15) is 0 Å². The third kappa shape index (κ3) is 4.54. The van der Waals surface area contributed by atoms with E-state index in [4.69, 9.17) is 30.9 Å². The monoisotopic (exact) mass is 289 g/mol. The molecule has 1 atom stereocenters. The molecule has 2 N–H and O–H groups in total. The van der Waals surface area contributed by atoms with Crippen LogP contribution in [0.3, 0.4) is 0 Å². The Morgan fingerprint density at radius 1 is 1.26 bits per heavy atom. The molecule has 0 amide bonds. The fourth-order valence-electron chi connectivity index (χ4n) is 1.71. The maximum atomic E-state index is 9.16. The topological polar surface area (TPSA) is 60.0 Å². The lowest BCUT2D eigenvalue weighted by atomic mass is 10.2. The number of aliphatic hydroxyl groups is 1. The van der Waals surface area contributed by atoms with E-state index in [9.17, 15) is 0 Å². The lowest BCUT2D eigenvalue weighted by Gasteiger charge is -2.16. The summed E-state index contributed by atoms with van der Waals surface area (Å²) in [5.74, 6) is 1.10. The molecule has 0 saturated heterocycles. The van der Waals surface area contributed by atoms with Gasteiger partial charge in [0, 0.05) is 13.7 Å². The Morgan fingerprint density at radius 2 is 2.00 bits per heavy atom. The van der Waals surface area contributed by atoms with Gasteiger partial charge in [0.25, 0.3) is 0 Å². The first-order chi connectivity index (χ1) is 9.15. The molecule has 5 nitrogen and oxygen atoms in total. The second-order valence-electron chi connectivity index (χ2n) is 4.03. The molecular weight excluding hydrogens is 270 g/mol. The number of ether oxygens (including phenoxy) is 3. The zero-order valence-corrected chi connectivity index (χ0v) is 12.2. The molecule has 0 heterocycles. The SMILES string of the molecule is COCC(CO)NCc1cc(Cl)c(OC)c(OC)c1. The van der Waals surface area contributed by atoms with Gasteiger partial charge in [-0.3, -0.25) is 0 Å². The zero-order chi connectivity index (χ0) is 14.3. The Bertz CT molecular complexity index is 400. The van der Waals surface area contributed by atoms with E-state index in [1.54, 1.807) is 27.4 Å². The molecule has 0 fully saturated rings. The predicted molar refractivity (Wildman–Crippen MR) is 74.1 cm³/mol. The van der Waals surface area contributed by atoms with Crippen molar-refractivity contribution in [2.75, 3.05) is 34.5 Å². The Balaban J connectivity index is 2.76. The summed E-state index contributed by atoms with van der Waals surface area (Å²) in [6.07, 6.45) is 0. The van der Waals surface area contributed by atoms with Gasteiger partial charge in [0.05, 0.1) is 38.5 Å². The summed E-state index contributed by atoms with van der Waals surface area (Å²) in [6.45, 7) is 1.00. The van der Waals surface area contributed by atoms with Crippen LogP contribution in [0.5, 0.6) is 11.5 Å². The average molecular weight is 290 g/mol. The van der Waals surface area contributed by atoms with Crippen LogP contribution in [0.4, 0.5) is 0 Å². The van der Waals surface area contributed by atoms with Crippen molar-refractivity contribution >= 4 is 11.6 Å². The maximum absolute atomic E-state index is 9.16. The predicted octanol–water partition coefficient (Wildman–Crippen LogP) is 1.45. The van der Waals surface area contributed by atoms with Gasteiger partial charge in [-0.05, 0) is 17.7 Å². The average Bonchev–Trinajstić information content (AvgIpc) is 2.42. The highest BCUT2D eigenvalue weighted by molar-refractivity contribution is 6.32. The number of benzene rings is 1. The van der Waals surface area contributed by atoms with Gasteiger partial charge in [0.1, 0.15) is 0 Å². The standard InChI is InChI=1S/C13H20ClNO4/c1-17-8-10(7-16)15-6-9-4-11(14)13(19-3)12(5-9)18-2/h4-5,10,15-16H,6-8H2,1-3H3. The number of nitrogens with one attached hydrogen (secondary N) is 1. The molecule has 0 aliphatic rings. The molecule has 0 spiro atoms. The summed E-state index contributed by atoms with van der Waals surface area (Å²) >= 11 is 6.12. The second kappa shape index (κ2) is 8.22. The number of methoxy groups -OCH3 is 3. The van der Waals surface area contributed by atoms with Gasteiger partial charge in [0.15, 0.2) is 11.5 Å². The minimum atomic E-state index is -0.114. The Labute approximate surface area is 118 Å². The van der Waals surface area contributed by atoms with Crippen molar-refractivity contribution in [2.45, 2.75) is 12.6 Å².